The van der Waals surface area contributed by atoms with Crippen LogP contribution in [0.1, 0.15) is 46.0 Å². The Hall–Kier alpha value is 0.440. The second-order valence-electron chi connectivity index (χ2n) is 4.64. The van der Waals surface area contributed by atoms with Gasteiger partial charge in [-0.1, -0.05) is 49.0 Å². The van der Waals surface area contributed by atoms with Crippen LogP contribution in [-0.4, -0.2) is 29.4 Å². The zero-order valence-electron chi connectivity index (χ0n) is 9.64. The van der Waals surface area contributed by atoms with Gasteiger partial charge in [0, 0.05) is 24.5 Å². The molecule has 0 amide bonds. The average molecular weight is 262 g/mol. The van der Waals surface area contributed by atoms with Crippen LogP contribution >= 0.6 is 15.9 Å². The summed E-state index contributed by atoms with van der Waals surface area (Å²) in [5.41, 5.74) is 0. The number of nitrogens with zero attached hydrogens (tertiary/aromatic N) is 1. The molecule has 0 heterocycles. The summed E-state index contributed by atoms with van der Waals surface area (Å²) in [5.74, 6) is 0.856. The van der Waals surface area contributed by atoms with Gasteiger partial charge < -0.3 is 0 Å². The van der Waals surface area contributed by atoms with Gasteiger partial charge in [-0.3, -0.25) is 4.90 Å². The van der Waals surface area contributed by atoms with Gasteiger partial charge in [0.1, 0.15) is 0 Å². The van der Waals surface area contributed by atoms with Gasteiger partial charge in [-0.15, -0.1) is 0 Å². The van der Waals surface area contributed by atoms with Crippen molar-refractivity contribution in [2.24, 2.45) is 5.92 Å². The van der Waals surface area contributed by atoms with Crippen LogP contribution in [0.15, 0.2) is 0 Å². The molecule has 0 saturated heterocycles. The maximum absolute atomic E-state index is 3.57. The van der Waals surface area contributed by atoms with E-state index in [0.29, 0.717) is 0 Å². The molecule has 0 aliphatic heterocycles. The lowest BCUT2D eigenvalue weighted by Crippen LogP contribution is -2.37. The molecule has 1 fully saturated rings. The molecule has 14 heavy (non-hydrogen) atoms. The topological polar surface area (TPSA) is 3.24 Å². The molecular formula is C12H24BrN. The van der Waals surface area contributed by atoms with Gasteiger partial charge in [0.15, 0.2) is 0 Å². The minimum atomic E-state index is 0.856. The first kappa shape index (κ1) is 12.5. The Balaban J connectivity index is 2.36. The molecule has 2 heteroatoms. The van der Waals surface area contributed by atoms with E-state index in [-0.39, 0.29) is 0 Å². The van der Waals surface area contributed by atoms with Crippen LogP contribution in [0.25, 0.3) is 0 Å². The van der Waals surface area contributed by atoms with E-state index in [0.717, 1.165) is 17.3 Å². The molecule has 0 spiro atoms. The number of alkyl halides is 1. The first-order valence-electron chi connectivity index (χ1n) is 6.08. The van der Waals surface area contributed by atoms with Gasteiger partial charge in [-0.05, 0) is 18.8 Å². The van der Waals surface area contributed by atoms with E-state index in [9.17, 15) is 0 Å². The highest BCUT2D eigenvalue weighted by Gasteiger charge is 2.22. The lowest BCUT2D eigenvalue weighted by atomic mass is 10.1. The highest BCUT2D eigenvalue weighted by atomic mass is 79.9. The molecular weight excluding hydrogens is 238 g/mol. The van der Waals surface area contributed by atoms with Crippen molar-refractivity contribution in [1.29, 1.82) is 0 Å². The van der Waals surface area contributed by atoms with Crippen molar-refractivity contribution in [3.8, 4) is 0 Å². The van der Waals surface area contributed by atoms with Crippen molar-refractivity contribution < 1.29 is 0 Å². The van der Waals surface area contributed by atoms with Crippen LogP contribution in [0, 0.1) is 5.92 Å². The smallest absolute Gasteiger partial charge is 0.0159 e. The maximum Gasteiger partial charge on any atom is 0.0159 e. The molecule has 1 aliphatic carbocycles. The number of halogens is 1. The Morgan fingerprint density at radius 1 is 1.36 bits per heavy atom. The molecule has 1 unspecified atom stereocenters. The Bertz CT molecular complexity index is 143. The minimum Gasteiger partial charge on any atom is -0.299 e. The number of hydrogen-bond donors (Lipinski definition) is 0. The van der Waals surface area contributed by atoms with Gasteiger partial charge in [-0.2, -0.15) is 0 Å². The third-order valence-corrected chi connectivity index (χ3v) is 3.81. The van der Waals surface area contributed by atoms with Crippen molar-refractivity contribution in [2.75, 3.05) is 18.4 Å². The van der Waals surface area contributed by atoms with E-state index >= 15 is 0 Å². The fraction of sp³-hybridized carbons (Fsp3) is 1.00. The van der Waals surface area contributed by atoms with Crippen molar-refractivity contribution in [2.45, 2.75) is 52.0 Å². The number of hydrogen-bond acceptors (Lipinski definition) is 1. The third-order valence-electron chi connectivity index (χ3n) is 3.46. The summed E-state index contributed by atoms with van der Waals surface area (Å²) >= 11 is 3.57. The van der Waals surface area contributed by atoms with Crippen LogP contribution in [0.4, 0.5) is 0 Å². The van der Waals surface area contributed by atoms with E-state index < -0.39 is 0 Å². The highest BCUT2D eigenvalue weighted by molar-refractivity contribution is 9.09. The molecule has 84 valence electrons. The predicted molar refractivity (Wildman–Crippen MR) is 67.1 cm³/mol. The molecule has 1 rings (SSSR count). The second kappa shape index (κ2) is 6.84. The van der Waals surface area contributed by atoms with Crippen molar-refractivity contribution in [3.05, 3.63) is 0 Å². The first-order chi connectivity index (χ1) is 6.77. The molecule has 0 aromatic heterocycles. The summed E-state index contributed by atoms with van der Waals surface area (Å²) in [6.07, 6.45) is 7.08. The van der Waals surface area contributed by atoms with Crippen molar-refractivity contribution in [3.63, 3.8) is 0 Å². The Kier molecular flexibility index (Phi) is 6.11. The van der Waals surface area contributed by atoms with Gasteiger partial charge in [0.05, 0.1) is 0 Å². The molecule has 0 aromatic carbocycles. The van der Waals surface area contributed by atoms with E-state index in [1.54, 1.807) is 0 Å². The minimum absolute atomic E-state index is 0.856. The zero-order chi connectivity index (χ0) is 10.4. The predicted octanol–water partition coefficient (Wildman–Crippen LogP) is 3.67. The molecule has 0 bridgehead atoms. The molecule has 0 radical (unpaired) electrons. The van der Waals surface area contributed by atoms with Crippen molar-refractivity contribution in [1.82, 2.24) is 4.90 Å². The van der Waals surface area contributed by atoms with Crippen LogP contribution in [0.3, 0.4) is 0 Å². The molecule has 0 aromatic rings. The van der Waals surface area contributed by atoms with Crippen molar-refractivity contribution >= 4 is 15.9 Å². The van der Waals surface area contributed by atoms with Gasteiger partial charge in [-0.25, -0.2) is 0 Å². The lowest BCUT2D eigenvalue weighted by molar-refractivity contribution is 0.182. The van der Waals surface area contributed by atoms with E-state index in [2.05, 4.69) is 34.7 Å². The van der Waals surface area contributed by atoms with Crippen LogP contribution in [0.2, 0.25) is 0 Å². The molecule has 1 atom stereocenters. The molecule has 0 N–H and O–H groups in total. The summed E-state index contributed by atoms with van der Waals surface area (Å²) in [6.45, 7) is 7.20. The lowest BCUT2D eigenvalue weighted by Gasteiger charge is -2.30. The Labute approximate surface area is 97.4 Å². The maximum atomic E-state index is 3.57. The summed E-state index contributed by atoms with van der Waals surface area (Å²) in [4.78, 5) is 2.70. The summed E-state index contributed by atoms with van der Waals surface area (Å²) in [7, 11) is 0. The van der Waals surface area contributed by atoms with Gasteiger partial charge in [0.2, 0.25) is 0 Å². The first-order valence-corrected chi connectivity index (χ1v) is 7.20. The molecule has 1 saturated carbocycles. The summed E-state index contributed by atoms with van der Waals surface area (Å²) in [5, 5.41) is 1.12. The van der Waals surface area contributed by atoms with Crippen LogP contribution in [0.5, 0.6) is 0 Å². The Morgan fingerprint density at radius 3 is 2.50 bits per heavy atom. The Morgan fingerprint density at radius 2 is 2.00 bits per heavy atom. The quantitative estimate of drug-likeness (QED) is 0.660. The fourth-order valence-corrected chi connectivity index (χ4v) is 2.79. The average Bonchev–Trinajstić information content (AvgIpc) is 2.69. The van der Waals surface area contributed by atoms with Crippen LogP contribution < -0.4 is 0 Å². The van der Waals surface area contributed by atoms with E-state index in [1.165, 1.54) is 45.2 Å². The zero-order valence-corrected chi connectivity index (χ0v) is 11.2. The monoisotopic (exact) mass is 261 g/mol. The molecule has 1 aliphatic rings. The van der Waals surface area contributed by atoms with E-state index in [1.807, 2.05) is 0 Å². The van der Waals surface area contributed by atoms with Gasteiger partial charge in [0.25, 0.3) is 0 Å². The molecule has 1 nitrogen and oxygen atoms in total. The third kappa shape index (κ3) is 3.90. The summed E-state index contributed by atoms with van der Waals surface area (Å²) < 4.78 is 0. The summed E-state index contributed by atoms with van der Waals surface area (Å²) in [6, 6.07) is 0.890. The second-order valence-corrected chi connectivity index (χ2v) is 5.43. The normalized spacial score (nSPS) is 20.6. The number of rotatable bonds is 6. The van der Waals surface area contributed by atoms with E-state index in [4.69, 9.17) is 0 Å². The fourth-order valence-electron chi connectivity index (χ4n) is 2.33. The highest BCUT2D eigenvalue weighted by Crippen LogP contribution is 2.24. The largest absolute Gasteiger partial charge is 0.299 e. The van der Waals surface area contributed by atoms with Gasteiger partial charge >= 0.3 is 0 Å². The standard InChI is InChI=1S/C12H24BrN/c1-3-11(2)10-14(9-8-13)12-6-4-5-7-12/h11-12H,3-10H2,1-2H3. The SMILES string of the molecule is CCC(C)CN(CCBr)C1CCCC1. The van der Waals surface area contributed by atoms with Crippen LogP contribution in [-0.2, 0) is 0 Å².